The minimum absolute atomic E-state index is 0.283. The van der Waals surface area contributed by atoms with Crippen LogP contribution in [0, 0.1) is 6.92 Å². The van der Waals surface area contributed by atoms with Crippen molar-refractivity contribution in [1.29, 1.82) is 0 Å². The van der Waals surface area contributed by atoms with Crippen molar-refractivity contribution in [3.63, 3.8) is 0 Å². The zero-order chi connectivity index (χ0) is 22.9. The Bertz CT molecular complexity index is 1130. The van der Waals surface area contributed by atoms with Crippen molar-refractivity contribution in [2.45, 2.75) is 13.5 Å². The van der Waals surface area contributed by atoms with Gasteiger partial charge in [0.05, 0.1) is 19.0 Å². The predicted octanol–water partition coefficient (Wildman–Crippen LogP) is 4.32. The first-order valence-electron chi connectivity index (χ1n) is 9.71. The molecule has 7 nitrogen and oxygen atoms in total. The van der Waals surface area contributed by atoms with Crippen molar-refractivity contribution < 1.29 is 19.1 Å². The maximum absolute atomic E-state index is 12.1. The third kappa shape index (κ3) is 6.58. The normalized spacial score (nSPS) is 10.6. The number of carbonyl (C=O) groups is 2. The Kier molecular flexibility index (Phi) is 7.83. The molecule has 0 spiro atoms. The summed E-state index contributed by atoms with van der Waals surface area (Å²) < 4.78 is 10.9. The molecule has 2 N–H and O–H groups in total. The van der Waals surface area contributed by atoms with Crippen molar-refractivity contribution in [3.8, 4) is 11.5 Å². The topological polar surface area (TPSA) is 89.0 Å². The quantitative estimate of drug-likeness (QED) is 0.318. The van der Waals surface area contributed by atoms with Gasteiger partial charge in [-0.25, -0.2) is 5.43 Å². The number of amides is 2. The van der Waals surface area contributed by atoms with Crippen LogP contribution in [0.2, 0.25) is 5.02 Å². The Labute approximate surface area is 191 Å². The van der Waals surface area contributed by atoms with Gasteiger partial charge in [-0.3, -0.25) is 9.59 Å². The number of halogens is 1. The third-order valence-corrected chi connectivity index (χ3v) is 4.60. The van der Waals surface area contributed by atoms with Gasteiger partial charge in [-0.2, -0.15) is 5.10 Å². The van der Waals surface area contributed by atoms with Gasteiger partial charge in [0.2, 0.25) is 0 Å². The number of hydrazone groups is 1. The van der Waals surface area contributed by atoms with Crippen LogP contribution in [0.3, 0.4) is 0 Å². The molecule has 8 heteroatoms. The average molecular weight is 452 g/mol. The number of benzene rings is 3. The molecule has 0 aliphatic rings. The van der Waals surface area contributed by atoms with Gasteiger partial charge in [-0.15, -0.1) is 0 Å². The lowest BCUT2D eigenvalue weighted by molar-refractivity contribution is -0.136. The molecule has 0 aliphatic heterocycles. The zero-order valence-corrected chi connectivity index (χ0v) is 18.3. The fourth-order valence-corrected chi connectivity index (χ4v) is 2.96. The molecule has 0 radical (unpaired) electrons. The van der Waals surface area contributed by atoms with E-state index in [0.29, 0.717) is 23.1 Å². The van der Waals surface area contributed by atoms with Gasteiger partial charge in [0.1, 0.15) is 18.1 Å². The second kappa shape index (κ2) is 11.0. The maximum atomic E-state index is 12.1. The van der Waals surface area contributed by atoms with Crippen molar-refractivity contribution in [3.05, 3.63) is 88.4 Å². The summed E-state index contributed by atoms with van der Waals surface area (Å²) >= 11 is 5.92. The van der Waals surface area contributed by atoms with E-state index in [9.17, 15) is 9.59 Å². The van der Waals surface area contributed by atoms with Crippen LogP contribution in [0.4, 0.5) is 5.69 Å². The van der Waals surface area contributed by atoms with Crippen molar-refractivity contribution >= 4 is 35.3 Å². The van der Waals surface area contributed by atoms with Gasteiger partial charge < -0.3 is 14.8 Å². The molecule has 164 valence electrons. The Morgan fingerprint density at radius 2 is 1.81 bits per heavy atom. The van der Waals surface area contributed by atoms with Crippen LogP contribution >= 0.6 is 11.6 Å². The van der Waals surface area contributed by atoms with E-state index in [-0.39, 0.29) is 5.69 Å². The monoisotopic (exact) mass is 451 g/mol. The Hall–Kier alpha value is -3.84. The standard InChI is InChI=1S/C24H22ClN3O4/c1-16-4-3-5-18(12-16)15-32-20-9-6-17(7-10-20)14-26-28-24(30)23(29)27-21-13-19(25)8-11-22(21)31-2/h3-14H,15H2,1-2H3,(H,27,29)(H,28,30)/b26-14+. The van der Waals surface area contributed by atoms with E-state index in [2.05, 4.69) is 21.9 Å². The second-order valence-corrected chi connectivity index (χ2v) is 7.28. The summed E-state index contributed by atoms with van der Waals surface area (Å²) in [5, 5.41) is 6.65. The number of carbonyl (C=O) groups excluding carboxylic acids is 2. The summed E-state index contributed by atoms with van der Waals surface area (Å²) in [5.41, 5.74) is 5.46. The fourth-order valence-electron chi connectivity index (χ4n) is 2.79. The van der Waals surface area contributed by atoms with Gasteiger partial charge in [0, 0.05) is 5.02 Å². The maximum Gasteiger partial charge on any atom is 0.329 e. The van der Waals surface area contributed by atoms with Crippen molar-refractivity contribution in [2.24, 2.45) is 5.10 Å². The summed E-state index contributed by atoms with van der Waals surface area (Å²) in [7, 11) is 1.45. The Morgan fingerprint density at radius 1 is 1.03 bits per heavy atom. The fraction of sp³-hybridized carbons (Fsp3) is 0.125. The highest BCUT2D eigenvalue weighted by atomic mass is 35.5. The molecule has 0 heterocycles. The summed E-state index contributed by atoms with van der Waals surface area (Å²) in [4.78, 5) is 24.1. The smallest absolute Gasteiger partial charge is 0.329 e. The molecule has 0 saturated carbocycles. The van der Waals surface area contributed by atoms with Gasteiger partial charge >= 0.3 is 11.8 Å². The van der Waals surface area contributed by atoms with Crippen molar-refractivity contribution in [2.75, 3.05) is 12.4 Å². The second-order valence-electron chi connectivity index (χ2n) is 6.84. The summed E-state index contributed by atoms with van der Waals surface area (Å²) in [5.74, 6) is -0.740. The molecule has 32 heavy (non-hydrogen) atoms. The van der Waals surface area contributed by atoms with E-state index >= 15 is 0 Å². The number of hydrogen-bond acceptors (Lipinski definition) is 5. The number of methoxy groups -OCH3 is 1. The van der Waals surface area contributed by atoms with Gasteiger partial charge in [-0.1, -0.05) is 41.4 Å². The van der Waals surface area contributed by atoms with Crippen LogP contribution in [-0.4, -0.2) is 25.1 Å². The van der Waals surface area contributed by atoms with E-state index in [4.69, 9.17) is 21.1 Å². The molecule has 3 rings (SSSR count). The molecule has 0 unspecified atom stereocenters. The van der Waals surface area contributed by atoms with E-state index in [0.717, 1.165) is 11.1 Å². The largest absolute Gasteiger partial charge is 0.495 e. The predicted molar refractivity (Wildman–Crippen MR) is 124 cm³/mol. The van der Waals surface area contributed by atoms with Crippen LogP contribution in [0.5, 0.6) is 11.5 Å². The molecule has 2 amide bonds. The highest BCUT2D eigenvalue weighted by Gasteiger charge is 2.15. The summed E-state index contributed by atoms with van der Waals surface area (Å²) in [6.07, 6.45) is 1.43. The van der Waals surface area contributed by atoms with Gasteiger partial charge in [-0.05, 0) is 60.5 Å². The zero-order valence-electron chi connectivity index (χ0n) is 17.6. The van der Waals surface area contributed by atoms with E-state index < -0.39 is 11.8 Å². The number of aryl methyl sites for hydroxylation is 1. The summed E-state index contributed by atoms with van der Waals surface area (Å²) in [6, 6.07) is 20.0. The SMILES string of the molecule is COc1ccc(Cl)cc1NC(=O)C(=O)N/N=C/c1ccc(OCc2cccc(C)c2)cc1. The number of hydrogen-bond donors (Lipinski definition) is 2. The van der Waals surface area contributed by atoms with Crippen LogP contribution in [-0.2, 0) is 16.2 Å². The molecule has 0 atom stereocenters. The van der Waals surface area contributed by atoms with Gasteiger partial charge in [0.25, 0.3) is 0 Å². The number of anilines is 1. The van der Waals surface area contributed by atoms with E-state index in [1.807, 2.05) is 25.1 Å². The minimum atomic E-state index is -0.929. The molecule has 0 aromatic heterocycles. The van der Waals surface area contributed by atoms with Crippen molar-refractivity contribution in [1.82, 2.24) is 5.43 Å². The molecule has 3 aromatic rings. The molecule has 0 saturated heterocycles. The number of nitrogens with one attached hydrogen (secondary N) is 2. The number of nitrogens with zero attached hydrogens (tertiary/aromatic N) is 1. The Balaban J connectivity index is 1.50. The molecular formula is C24H22ClN3O4. The van der Waals surface area contributed by atoms with E-state index in [1.165, 1.54) is 25.0 Å². The highest BCUT2D eigenvalue weighted by Crippen LogP contribution is 2.27. The molecule has 3 aromatic carbocycles. The van der Waals surface area contributed by atoms with Crippen LogP contribution < -0.4 is 20.2 Å². The third-order valence-electron chi connectivity index (χ3n) is 4.36. The van der Waals surface area contributed by atoms with E-state index in [1.54, 1.807) is 36.4 Å². The lowest BCUT2D eigenvalue weighted by Crippen LogP contribution is -2.32. The lowest BCUT2D eigenvalue weighted by Gasteiger charge is -2.09. The first kappa shape index (κ1) is 22.8. The lowest BCUT2D eigenvalue weighted by atomic mass is 10.1. The first-order chi connectivity index (χ1) is 15.4. The average Bonchev–Trinajstić information content (AvgIpc) is 2.78. The minimum Gasteiger partial charge on any atom is -0.495 e. The summed E-state index contributed by atoms with van der Waals surface area (Å²) in [6.45, 7) is 2.51. The van der Waals surface area contributed by atoms with Crippen LogP contribution in [0.15, 0.2) is 71.8 Å². The highest BCUT2D eigenvalue weighted by molar-refractivity contribution is 6.40. The molecule has 0 aliphatic carbocycles. The number of ether oxygens (including phenoxy) is 2. The molecule has 0 bridgehead atoms. The number of rotatable bonds is 7. The first-order valence-corrected chi connectivity index (χ1v) is 10.1. The van der Waals surface area contributed by atoms with Crippen LogP contribution in [0.25, 0.3) is 0 Å². The molecule has 0 fully saturated rings. The van der Waals surface area contributed by atoms with Gasteiger partial charge in [0.15, 0.2) is 0 Å². The Morgan fingerprint density at radius 3 is 2.53 bits per heavy atom. The van der Waals surface area contributed by atoms with Crippen LogP contribution in [0.1, 0.15) is 16.7 Å². The molecular weight excluding hydrogens is 430 g/mol.